The summed E-state index contributed by atoms with van der Waals surface area (Å²) >= 11 is 0. The second-order valence-electron chi connectivity index (χ2n) is 6.07. The van der Waals surface area contributed by atoms with Gasteiger partial charge in [-0.1, -0.05) is 18.6 Å². The van der Waals surface area contributed by atoms with Gasteiger partial charge in [-0.2, -0.15) is 0 Å². The molecule has 1 aliphatic heterocycles. The van der Waals surface area contributed by atoms with E-state index in [1.54, 1.807) is 6.33 Å². The van der Waals surface area contributed by atoms with Gasteiger partial charge >= 0.3 is 0 Å². The van der Waals surface area contributed by atoms with Crippen LogP contribution in [-0.4, -0.2) is 31.8 Å². The summed E-state index contributed by atoms with van der Waals surface area (Å²) in [6.07, 6.45) is 6.35. The van der Waals surface area contributed by atoms with E-state index in [9.17, 15) is 0 Å². The SMILES string of the molecule is CN(Cc1nnc2n1CCCCC2)c1ncnc2ccccc12. The summed E-state index contributed by atoms with van der Waals surface area (Å²) in [5, 5.41) is 9.86. The second kappa shape index (κ2) is 5.95. The van der Waals surface area contributed by atoms with Gasteiger partial charge in [-0.15, -0.1) is 10.2 Å². The highest BCUT2D eigenvalue weighted by Gasteiger charge is 2.17. The van der Waals surface area contributed by atoms with Gasteiger partial charge in [-0.3, -0.25) is 0 Å². The van der Waals surface area contributed by atoms with Gasteiger partial charge in [-0.05, 0) is 25.0 Å². The number of aromatic nitrogens is 5. The molecule has 0 bridgehead atoms. The summed E-state index contributed by atoms with van der Waals surface area (Å²) < 4.78 is 2.28. The van der Waals surface area contributed by atoms with Gasteiger partial charge < -0.3 is 9.47 Å². The normalized spacial score (nSPS) is 14.5. The lowest BCUT2D eigenvalue weighted by molar-refractivity contribution is 0.601. The second-order valence-corrected chi connectivity index (χ2v) is 6.07. The molecule has 3 aromatic rings. The highest BCUT2D eigenvalue weighted by atomic mass is 15.3. The maximum Gasteiger partial charge on any atom is 0.152 e. The number of rotatable bonds is 3. The Morgan fingerprint density at radius 3 is 2.96 bits per heavy atom. The topological polar surface area (TPSA) is 59.7 Å². The number of hydrogen-bond donors (Lipinski definition) is 0. The number of benzene rings is 1. The molecule has 1 aliphatic rings. The van der Waals surface area contributed by atoms with Crippen LogP contribution in [0.15, 0.2) is 30.6 Å². The van der Waals surface area contributed by atoms with Crippen LogP contribution >= 0.6 is 0 Å². The van der Waals surface area contributed by atoms with Gasteiger partial charge in [0.15, 0.2) is 5.82 Å². The van der Waals surface area contributed by atoms with Gasteiger partial charge in [0, 0.05) is 25.4 Å². The van der Waals surface area contributed by atoms with Crippen LogP contribution in [0.3, 0.4) is 0 Å². The fraction of sp³-hybridized carbons (Fsp3) is 0.412. The third kappa shape index (κ3) is 2.65. The number of para-hydroxylation sites is 1. The summed E-state index contributed by atoms with van der Waals surface area (Å²) in [4.78, 5) is 10.9. The first-order valence-electron chi connectivity index (χ1n) is 8.15. The largest absolute Gasteiger partial charge is 0.352 e. The molecule has 0 amide bonds. The Kier molecular flexibility index (Phi) is 3.65. The molecule has 23 heavy (non-hydrogen) atoms. The lowest BCUT2D eigenvalue weighted by atomic mass is 10.2. The van der Waals surface area contributed by atoms with E-state index in [1.807, 2.05) is 25.2 Å². The van der Waals surface area contributed by atoms with Gasteiger partial charge in [0.25, 0.3) is 0 Å². The Balaban J connectivity index is 1.65. The van der Waals surface area contributed by atoms with Crippen LogP contribution in [0.25, 0.3) is 10.9 Å². The van der Waals surface area contributed by atoms with Crippen molar-refractivity contribution < 1.29 is 0 Å². The summed E-state index contributed by atoms with van der Waals surface area (Å²) in [5.74, 6) is 3.08. The lowest BCUT2D eigenvalue weighted by Crippen LogP contribution is -2.21. The van der Waals surface area contributed by atoms with Gasteiger partial charge in [0.1, 0.15) is 18.0 Å². The Hall–Kier alpha value is -2.50. The first-order valence-corrected chi connectivity index (χ1v) is 8.15. The molecule has 0 radical (unpaired) electrons. The minimum atomic E-state index is 0.702. The summed E-state index contributed by atoms with van der Waals surface area (Å²) in [6.45, 7) is 1.73. The molecule has 6 heteroatoms. The molecule has 4 rings (SSSR count). The van der Waals surface area contributed by atoms with Crippen LogP contribution in [0.2, 0.25) is 0 Å². The van der Waals surface area contributed by atoms with Gasteiger partial charge in [-0.25, -0.2) is 9.97 Å². The van der Waals surface area contributed by atoms with Crippen molar-refractivity contribution in [1.29, 1.82) is 0 Å². The van der Waals surface area contributed by atoms with E-state index in [2.05, 4.69) is 35.7 Å². The van der Waals surface area contributed by atoms with E-state index in [1.165, 1.54) is 19.3 Å². The molecule has 0 N–H and O–H groups in total. The molecule has 0 aliphatic carbocycles. The third-order valence-electron chi connectivity index (χ3n) is 4.45. The van der Waals surface area contributed by atoms with Crippen molar-refractivity contribution in [1.82, 2.24) is 24.7 Å². The van der Waals surface area contributed by atoms with Gasteiger partial charge in [0.2, 0.25) is 0 Å². The van der Waals surface area contributed by atoms with Gasteiger partial charge in [0.05, 0.1) is 12.1 Å². The number of fused-ring (bicyclic) bond motifs is 2. The fourth-order valence-electron chi connectivity index (χ4n) is 3.24. The Morgan fingerprint density at radius 1 is 1.09 bits per heavy atom. The fourth-order valence-corrected chi connectivity index (χ4v) is 3.24. The average molecular weight is 308 g/mol. The first kappa shape index (κ1) is 14.1. The smallest absolute Gasteiger partial charge is 0.152 e. The Morgan fingerprint density at radius 2 is 2.00 bits per heavy atom. The van der Waals surface area contributed by atoms with Crippen molar-refractivity contribution in [2.75, 3.05) is 11.9 Å². The molecular formula is C17H20N6. The molecule has 6 nitrogen and oxygen atoms in total. The zero-order valence-electron chi connectivity index (χ0n) is 13.3. The van der Waals surface area contributed by atoms with Crippen molar-refractivity contribution in [2.24, 2.45) is 0 Å². The molecular weight excluding hydrogens is 288 g/mol. The van der Waals surface area contributed by atoms with E-state index in [0.29, 0.717) is 6.54 Å². The Bertz CT molecular complexity index is 820. The highest BCUT2D eigenvalue weighted by molar-refractivity contribution is 5.88. The zero-order valence-corrected chi connectivity index (χ0v) is 13.3. The maximum atomic E-state index is 4.48. The molecule has 2 aromatic heterocycles. The van der Waals surface area contributed by atoms with Crippen LogP contribution in [-0.2, 0) is 19.5 Å². The van der Waals surface area contributed by atoms with Crippen molar-refractivity contribution in [2.45, 2.75) is 38.8 Å². The third-order valence-corrected chi connectivity index (χ3v) is 4.45. The van der Waals surface area contributed by atoms with Crippen LogP contribution in [0.4, 0.5) is 5.82 Å². The van der Waals surface area contributed by atoms with Crippen LogP contribution in [0, 0.1) is 0 Å². The van der Waals surface area contributed by atoms with Crippen molar-refractivity contribution in [3.05, 3.63) is 42.2 Å². The molecule has 118 valence electrons. The first-order chi connectivity index (χ1) is 11.3. The molecule has 1 aromatic carbocycles. The molecule has 0 spiro atoms. The van der Waals surface area contributed by atoms with E-state index in [4.69, 9.17) is 0 Å². The summed E-state index contributed by atoms with van der Waals surface area (Å²) in [6, 6.07) is 8.09. The van der Waals surface area contributed by atoms with E-state index in [-0.39, 0.29) is 0 Å². The molecule has 0 fully saturated rings. The van der Waals surface area contributed by atoms with Crippen LogP contribution < -0.4 is 4.90 Å². The minimum Gasteiger partial charge on any atom is -0.352 e. The molecule has 3 heterocycles. The number of nitrogens with zero attached hydrogens (tertiary/aromatic N) is 6. The highest BCUT2D eigenvalue weighted by Crippen LogP contribution is 2.23. The predicted molar refractivity (Wildman–Crippen MR) is 89.2 cm³/mol. The summed E-state index contributed by atoms with van der Waals surface area (Å²) in [5.41, 5.74) is 0.962. The van der Waals surface area contributed by atoms with E-state index >= 15 is 0 Å². The lowest BCUT2D eigenvalue weighted by Gasteiger charge is -2.19. The standard InChI is InChI=1S/C17H20N6/c1-22(17-13-7-4-5-8-14(13)18-12-19-17)11-16-21-20-15-9-3-2-6-10-23(15)16/h4-5,7-8,12H,2-3,6,9-11H2,1H3. The monoisotopic (exact) mass is 308 g/mol. The zero-order chi connectivity index (χ0) is 15.6. The van der Waals surface area contributed by atoms with Crippen LogP contribution in [0.1, 0.15) is 30.9 Å². The molecule has 0 atom stereocenters. The van der Waals surface area contributed by atoms with E-state index in [0.717, 1.165) is 41.3 Å². The number of hydrogen-bond acceptors (Lipinski definition) is 5. The summed E-state index contributed by atoms with van der Waals surface area (Å²) in [7, 11) is 2.05. The molecule has 0 saturated carbocycles. The maximum absolute atomic E-state index is 4.48. The van der Waals surface area contributed by atoms with Crippen molar-refractivity contribution >= 4 is 16.7 Å². The number of aryl methyl sites for hydroxylation is 1. The minimum absolute atomic E-state index is 0.702. The van der Waals surface area contributed by atoms with Crippen molar-refractivity contribution in [3.63, 3.8) is 0 Å². The van der Waals surface area contributed by atoms with Crippen molar-refractivity contribution in [3.8, 4) is 0 Å². The Labute approximate surface area is 135 Å². The molecule has 0 unspecified atom stereocenters. The average Bonchev–Trinajstić information content (AvgIpc) is 2.81. The van der Waals surface area contributed by atoms with Crippen LogP contribution in [0.5, 0.6) is 0 Å². The predicted octanol–water partition coefficient (Wildman–Crippen LogP) is 2.58. The molecule has 0 saturated heterocycles. The quantitative estimate of drug-likeness (QED) is 0.744. The number of anilines is 1. The van der Waals surface area contributed by atoms with E-state index < -0.39 is 0 Å².